The first kappa shape index (κ1) is 13.1. The fraction of sp³-hybridized carbons (Fsp3) is 0.692. The Morgan fingerprint density at radius 3 is 2.94 bits per heavy atom. The van der Waals surface area contributed by atoms with E-state index in [0.29, 0.717) is 12.1 Å². The summed E-state index contributed by atoms with van der Waals surface area (Å²) in [5.74, 6) is 0.263. The molecule has 0 aromatic carbocycles. The van der Waals surface area contributed by atoms with Gasteiger partial charge in [-0.3, -0.25) is 9.48 Å². The second kappa shape index (κ2) is 5.10. The molecule has 0 spiro atoms. The van der Waals surface area contributed by atoms with Gasteiger partial charge >= 0.3 is 0 Å². The molecule has 0 bridgehead atoms. The number of piperidine rings is 1. The van der Waals surface area contributed by atoms with Crippen LogP contribution in [0.1, 0.15) is 36.3 Å². The number of carbonyl (C=O) groups is 1. The minimum atomic E-state index is -0.413. The lowest BCUT2D eigenvalue weighted by atomic mass is 9.95. The van der Waals surface area contributed by atoms with Gasteiger partial charge in [0, 0.05) is 26.3 Å². The van der Waals surface area contributed by atoms with Gasteiger partial charge in [-0.15, -0.1) is 0 Å². The number of amides is 1. The molecule has 5 heteroatoms. The van der Waals surface area contributed by atoms with E-state index >= 15 is 0 Å². The number of likely N-dealkylation sites (tertiary alicyclic amines) is 1. The highest BCUT2D eigenvalue weighted by Gasteiger charge is 2.29. The summed E-state index contributed by atoms with van der Waals surface area (Å²) < 4.78 is 1.68. The predicted octanol–water partition coefficient (Wildman–Crippen LogP) is 0.825. The average molecular weight is 251 g/mol. The molecule has 5 nitrogen and oxygen atoms in total. The molecule has 0 radical (unpaired) electrons. The number of hydrogen-bond donors (Lipinski definition) is 1. The lowest BCUT2D eigenvalue weighted by Gasteiger charge is -2.34. The Hall–Kier alpha value is -1.36. The highest BCUT2D eigenvalue weighted by Crippen LogP contribution is 2.20. The van der Waals surface area contributed by atoms with Gasteiger partial charge < -0.3 is 10.0 Å². The molecule has 1 amide bonds. The first-order chi connectivity index (χ1) is 8.52. The van der Waals surface area contributed by atoms with Crippen molar-refractivity contribution in [2.45, 2.75) is 32.8 Å². The average Bonchev–Trinajstić information content (AvgIpc) is 2.73. The van der Waals surface area contributed by atoms with Gasteiger partial charge in [-0.1, -0.05) is 13.8 Å². The van der Waals surface area contributed by atoms with Gasteiger partial charge in [0.05, 0.1) is 17.4 Å². The van der Waals surface area contributed by atoms with E-state index in [4.69, 9.17) is 0 Å². The summed E-state index contributed by atoms with van der Waals surface area (Å²) in [4.78, 5) is 14.1. The maximum absolute atomic E-state index is 12.4. The van der Waals surface area contributed by atoms with E-state index in [1.807, 2.05) is 20.9 Å². The Labute approximate surface area is 107 Å². The van der Waals surface area contributed by atoms with E-state index in [-0.39, 0.29) is 11.8 Å². The summed E-state index contributed by atoms with van der Waals surface area (Å²) in [6, 6.07) is 0. The van der Waals surface area contributed by atoms with Crippen molar-refractivity contribution in [2.24, 2.45) is 13.0 Å². The summed E-state index contributed by atoms with van der Waals surface area (Å²) in [5, 5.41) is 14.1. The Morgan fingerprint density at radius 2 is 2.33 bits per heavy atom. The quantitative estimate of drug-likeness (QED) is 0.847. The summed E-state index contributed by atoms with van der Waals surface area (Å²) in [5.41, 5.74) is 1.50. The van der Waals surface area contributed by atoms with Crippen LogP contribution >= 0.6 is 0 Å². The number of aryl methyl sites for hydroxylation is 2. The van der Waals surface area contributed by atoms with E-state index in [1.165, 1.54) is 0 Å². The molecular weight excluding hydrogens is 230 g/mol. The van der Waals surface area contributed by atoms with E-state index < -0.39 is 6.10 Å². The Balaban J connectivity index is 2.16. The molecule has 1 saturated heterocycles. The SMILES string of the molecule is CCc1nn(C)cc1C(=O)N1CCC(C)C(O)C1. The maximum atomic E-state index is 12.4. The number of rotatable bonds is 2. The molecule has 0 saturated carbocycles. The van der Waals surface area contributed by atoms with Crippen molar-refractivity contribution in [3.63, 3.8) is 0 Å². The molecule has 1 aliphatic rings. The van der Waals surface area contributed by atoms with Crippen LogP contribution in [0.5, 0.6) is 0 Å². The van der Waals surface area contributed by atoms with Crippen molar-refractivity contribution in [2.75, 3.05) is 13.1 Å². The van der Waals surface area contributed by atoms with Gasteiger partial charge in [0.25, 0.3) is 5.91 Å². The van der Waals surface area contributed by atoms with E-state index in [1.54, 1.807) is 15.8 Å². The molecule has 2 rings (SSSR count). The smallest absolute Gasteiger partial charge is 0.257 e. The van der Waals surface area contributed by atoms with Crippen molar-refractivity contribution < 1.29 is 9.90 Å². The van der Waals surface area contributed by atoms with Crippen LogP contribution in [0.2, 0.25) is 0 Å². The topological polar surface area (TPSA) is 58.4 Å². The number of carbonyl (C=O) groups excluding carboxylic acids is 1. The molecule has 1 aromatic rings. The molecule has 18 heavy (non-hydrogen) atoms. The number of aromatic nitrogens is 2. The van der Waals surface area contributed by atoms with Gasteiger partial charge in [-0.05, 0) is 18.8 Å². The zero-order valence-corrected chi connectivity index (χ0v) is 11.3. The zero-order valence-electron chi connectivity index (χ0n) is 11.3. The summed E-state index contributed by atoms with van der Waals surface area (Å²) in [6.07, 6.45) is 2.96. The number of β-amino-alcohol motifs (C(OH)–C–C–N with tert-alkyl or cyclic N) is 1. The standard InChI is InChI=1S/C13H21N3O2/c1-4-11-10(7-15(3)14-11)13(18)16-6-5-9(2)12(17)8-16/h7,9,12,17H,4-6,8H2,1-3H3. The maximum Gasteiger partial charge on any atom is 0.257 e. The van der Waals surface area contributed by atoms with Crippen LogP contribution in [-0.4, -0.2) is 44.9 Å². The van der Waals surface area contributed by atoms with E-state index in [0.717, 1.165) is 25.1 Å². The van der Waals surface area contributed by atoms with Gasteiger partial charge in [0.1, 0.15) is 0 Å². The van der Waals surface area contributed by atoms with Crippen molar-refractivity contribution >= 4 is 5.91 Å². The monoisotopic (exact) mass is 251 g/mol. The third kappa shape index (κ3) is 2.41. The lowest BCUT2D eigenvalue weighted by molar-refractivity contribution is 0.0248. The minimum Gasteiger partial charge on any atom is -0.391 e. The molecule has 1 aromatic heterocycles. The molecule has 100 valence electrons. The van der Waals surface area contributed by atoms with Crippen LogP contribution in [0.4, 0.5) is 0 Å². The highest BCUT2D eigenvalue weighted by atomic mass is 16.3. The number of aliphatic hydroxyl groups is 1. The molecule has 2 atom stereocenters. The second-order valence-corrected chi connectivity index (χ2v) is 5.10. The van der Waals surface area contributed by atoms with Crippen LogP contribution in [0, 0.1) is 5.92 Å². The van der Waals surface area contributed by atoms with E-state index in [9.17, 15) is 9.90 Å². The van der Waals surface area contributed by atoms with Crippen LogP contribution in [-0.2, 0) is 13.5 Å². The first-order valence-electron chi connectivity index (χ1n) is 6.52. The zero-order chi connectivity index (χ0) is 13.3. The number of hydrogen-bond acceptors (Lipinski definition) is 3. The number of nitrogens with zero attached hydrogens (tertiary/aromatic N) is 3. The van der Waals surface area contributed by atoms with Crippen molar-refractivity contribution in [3.8, 4) is 0 Å². The Morgan fingerprint density at radius 1 is 1.61 bits per heavy atom. The summed E-state index contributed by atoms with van der Waals surface area (Å²) in [6.45, 7) is 5.16. The normalized spacial score (nSPS) is 24.3. The van der Waals surface area contributed by atoms with Gasteiger partial charge in [-0.2, -0.15) is 5.10 Å². The highest BCUT2D eigenvalue weighted by molar-refractivity contribution is 5.95. The minimum absolute atomic E-state index is 0.00843. The fourth-order valence-electron chi connectivity index (χ4n) is 2.38. The second-order valence-electron chi connectivity index (χ2n) is 5.10. The predicted molar refractivity (Wildman–Crippen MR) is 68.3 cm³/mol. The molecule has 2 heterocycles. The van der Waals surface area contributed by atoms with Crippen molar-refractivity contribution in [1.82, 2.24) is 14.7 Å². The molecule has 0 aliphatic carbocycles. The Bertz CT molecular complexity index is 441. The molecule has 1 fully saturated rings. The van der Waals surface area contributed by atoms with Crippen molar-refractivity contribution in [1.29, 1.82) is 0 Å². The third-order valence-corrected chi connectivity index (χ3v) is 3.68. The molecular formula is C13H21N3O2. The van der Waals surface area contributed by atoms with Gasteiger partial charge in [-0.25, -0.2) is 0 Å². The summed E-state index contributed by atoms with van der Waals surface area (Å²) in [7, 11) is 1.82. The molecule has 2 unspecified atom stereocenters. The molecule has 1 aliphatic heterocycles. The van der Waals surface area contributed by atoms with Crippen molar-refractivity contribution in [3.05, 3.63) is 17.5 Å². The molecule has 1 N–H and O–H groups in total. The van der Waals surface area contributed by atoms with Crippen LogP contribution < -0.4 is 0 Å². The number of aliphatic hydroxyl groups excluding tert-OH is 1. The third-order valence-electron chi connectivity index (χ3n) is 3.68. The van der Waals surface area contributed by atoms with Gasteiger partial charge in [0.2, 0.25) is 0 Å². The van der Waals surface area contributed by atoms with Crippen LogP contribution in [0.15, 0.2) is 6.20 Å². The lowest BCUT2D eigenvalue weighted by Crippen LogP contribution is -2.45. The summed E-state index contributed by atoms with van der Waals surface area (Å²) >= 11 is 0. The van der Waals surface area contributed by atoms with Gasteiger partial charge in [0.15, 0.2) is 0 Å². The first-order valence-corrected chi connectivity index (χ1v) is 6.52. The van der Waals surface area contributed by atoms with E-state index in [2.05, 4.69) is 5.10 Å². The fourth-order valence-corrected chi connectivity index (χ4v) is 2.38. The Kier molecular flexibility index (Phi) is 3.71. The van der Waals surface area contributed by atoms with Crippen LogP contribution in [0.3, 0.4) is 0 Å². The van der Waals surface area contributed by atoms with Crippen LogP contribution in [0.25, 0.3) is 0 Å². The largest absolute Gasteiger partial charge is 0.391 e.